The van der Waals surface area contributed by atoms with Gasteiger partial charge in [-0.05, 0) is 62.2 Å². The minimum atomic E-state index is -0.624. The third-order valence-electron chi connectivity index (χ3n) is 5.52. The highest BCUT2D eigenvalue weighted by molar-refractivity contribution is 5.76. The second-order valence-corrected chi connectivity index (χ2v) is 7.81. The number of aryl methyl sites for hydroxylation is 1. The average Bonchev–Trinajstić information content (AvgIpc) is 2.71. The van der Waals surface area contributed by atoms with E-state index in [1.807, 2.05) is 6.92 Å². The Balaban J connectivity index is 1.44. The molecule has 1 aliphatic heterocycles. The fourth-order valence-corrected chi connectivity index (χ4v) is 3.59. The molecule has 6 heteroatoms. The quantitative estimate of drug-likeness (QED) is 0.748. The van der Waals surface area contributed by atoms with Crippen molar-refractivity contribution in [1.29, 1.82) is 0 Å². The highest BCUT2D eigenvalue weighted by Gasteiger charge is 2.15. The molecule has 1 atom stereocenters. The lowest BCUT2D eigenvalue weighted by Crippen LogP contribution is -2.44. The Morgan fingerprint density at radius 1 is 1.14 bits per heavy atom. The smallest absolute Gasteiger partial charge is 0.220 e. The Kier molecular flexibility index (Phi) is 7.09. The third-order valence-corrected chi connectivity index (χ3v) is 5.52. The van der Waals surface area contributed by atoms with Gasteiger partial charge in [0.25, 0.3) is 0 Å². The molecule has 0 unspecified atom stereocenters. The first-order valence-electron chi connectivity index (χ1n) is 10.2. The molecule has 5 nitrogen and oxygen atoms in total. The molecule has 0 bridgehead atoms. The third kappa shape index (κ3) is 5.94. The van der Waals surface area contributed by atoms with Gasteiger partial charge in [0.1, 0.15) is 0 Å². The summed E-state index contributed by atoms with van der Waals surface area (Å²) in [5.74, 6) is -0.987. The van der Waals surface area contributed by atoms with Crippen molar-refractivity contribution >= 4 is 11.6 Å². The van der Waals surface area contributed by atoms with Crippen molar-refractivity contribution in [3.05, 3.63) is 59.4 Å². The van der Waals surface area contributed by atoms with Crippen molar-refractivity contribution in [3.63, 3.8) is 0 Å². The molecular formula is C23H30FN3O2. The topological polar surface area (TPSA) is 55.8 Å². The van der Waals surface area contributed by atoms with Crippen LogP contribution in [0.2, 0.25) is 0 Å². The first-order chi connectivity index (χ1) is 13.9. The standard InChI is InChI=1S/C23H30FN3O2/c1-17(19-7-9-20(10-8-19)27-14-12-26(2)13-15-27)25-23(29)5-3-4-18-6-11-22(28)21(24)16-18/h6-11,16-17,28H,3-5,12-15H2,1-2H3,(H,25,29)/t17-/m0/s1. The summed E-state index contributed by atoms with van der Waals surface area (Å²) in [6.45, 7) is 6.20. The van der Waals surface area contributed by atoms with E-state index in [9.17, 15) is 14.3 Å². The van der Waals surface area contributed by atoms with Crippen molar-refractivity contribution in [2.75, 3.05) is 38.1 Å². The Morgan fingerprint density at radius 2 is 1.83 bits per heavy atom. The van der Waals surface area contributed by atoms with Crippen LogP contribution in [0.1, 0.15) is 36.9 Å². The van der Waals surface area contributed by atoms with Gasteiger partial charge in [-0.15, -0.1) is 0 Å². The summed E-state index contributed by atoms with van der Waals surface area (Å²) in [6, 6.07) is 12.7. The number of rotatable bonds is 7. The zero-order valence-electron chi connectivity index (χ0n) is 17.2. The molecule has 1 saturated heterocycles. The van der Waals surface area contributed by atoms with E-state index in [0.29, 0.717) is 19.3 Å². The predicted octanol–water partition coefficient (Wildman–Crippen LogP) is 3.48. The van der Waals surface area contributed by atoms with Gasteiger partial charge in [0.05, 0.1) is 6.04 Å². The van der Waals surface area contributed by atoms with Crippen LogP contribution in [-0.2, 0) is 11.2 Å². The molecule has 3 rings (SSSR count). The molecule has 0 spiro atoms. The van der Waals surface area contributed by atoms with E-state index < -0.39 is 5.82 Å². The largest absolute Gasteiger partial charge is 0.505 e. The predicted molar refractivity (Wildman–Crippen MR) is 114 cm³/mol. The number of halogens is 1. The van der Waals surface area contributed by atoms with Gasteiger partial charge in [-0.25, -0.2) is 4.39 Å². The van der Waals surface area contributed by atoms with Crippen molar-refractivity contribution in [2.45, 2.75) is 32.2 Å². The zero-order valence-corrected chi connectivity index (χ0v) is 17.2. The molecule has 0 saturated carbocycles. The fraction of sp³-hybridized carbons (Fsp3) is 0.435. The van der Waals surface area contributed by atoms with Crippen LogP contribution in [0.5, 0.6) is 5.75 Å². The SMILES string of the molecule is C[C@H](NC(=O)CCCc1ccc(O)c(F)c1)c1ccc(N2CCN(C)CC2)cc1. The van der Waals surface area contributed by atoms with Gasteiger partial charge < -0.3 is 20.2 Å². The molecule has 2 aromatic rings. The number of hydrogen-bond donors (Lipinski definition) is 2. The summed E-state index contributed by atoms with van der Waals surface area (Å²) < 4.78 is 13.4. The zero-order chi connectivity index (χ0) is 20.8. The van der Waals surface area contributed by atoms with Crippen molar-refractivity contribution in [2.24, 2.45) is 0 Å². The van der Waals surface area contributed by atoms with E-state index in [1.165, 1.54) is 17.8 Å². The lowest BCUT2D eigenvalue weighted by Gasteiger charge is -2.34. The second-order valence-electron chi connectivity index (χ2n) is 7.81. The highest BCUT2D eigenvalue weighted by Crippen LogP contribution is 2.21. The minimum Gasteiger partial charge on any atom is -0.505 e. The summed E-state index contributed by atoms with van der Waals surface area (Å²) in [5.41, 5.74) is 3.08. The molecule has 1 aliphatic rings. The first-order valence-corrected chi connectivity index (χ1v) is 10.2. The number of piperazine rings is 1. The molecule has 0 radical (unpaired) electrons. The normalized spacial score (nSPS) is 15.9. The highest BCUT2D eigenvalue weighted by atomic mass is 19.1. The molecule has 156 valence electrons. The number of carbonyl (C=O) groups excluding carboxylic acids is 1. The summed E-state index contributed by atoms with van der Waals surface area (Å²) in [7, 11) is 2.15. The first kappa shape index (κ1) is 21.1. The number of aromatic hydroxyl groups is 1. The number of benzene rings is 2. The van der Waals surface area contributed by atoms with E-state index in [2.05, 4.69) is 46.4 Å². The molecular weight excluding hydrogens is 369 g/mol. The number of likely N-dealkylation sites (N-methyl/N-ethyl adjacent to an activating group) is 1. The maximum Gasteiger partial charge on any atom is 0.220 e. The number of amides is 1. The number of hydrogen-bond acceptors (Lipinski definition) is 4. The Labute approximate surface area is 172 Å². The van der Waals surface area contributed by atoms with Crippen LogP contribution >= 0.6 is 0 Å². The maximum absolute atomic E-state index is 13.4. The second kappa shape index (κ2) is 9.74. The molecule has 1 fully saturated rings. The van der Waals surface area contributed by atoms with Gasteiger partial charge >= 0.3 is 0 Å². The lowest BCUT2D eigenvalue weighted by atomic mass is 10.1. The van der Waals surface area contributed by atoms with E-state index in [4.69, 9.17) is 0 Å². The monoisotopic (exact) mass is 399 g/mol. The van der Waals surface area contributed by atoms with Crippen molar-refractivity contribution in [1.82, 2.24) is 10.2 Å². The molecule has 2 aromatic carbocycles. The van der Waals surface area contributed by atoms with Gasteiger partial charge in [0, 0.05) is 38.3 Å². The van der Waals surface area contributed by atoms with Crippen LogP contribution in [0.4, 0.5) is 10.1 Å². The Hall–Kier alpha value is -2.60. The van der Waals surface area contributed by atoms with Crippen molar-refractivity contribution in [3.8, 4) is 5.75 Å². The van der Waals surface area contributed by atoms with E-state index >= 15 is 0 Å². The van der Waals surface area contributed by atoms with Gasteiger partial charge in [-0.1, -0.05) is 18.2 Å². The van der Waals surface area contributed by atoms with Gasteiger partial charge in [0.15, 0.2) is 11.6 Å². The van der Waals surface area contributed by atoms with Gasteiger partial charge in [0.2, 0.25) is 5.91 Å². The van der Waals surface area contributed by atoms with E-state index in [1.54, 1.807) is 6.07 Å². The fourth-order valence-electron chi connectivity index (χ4n) is 3.59. The van der Waals surface area contributed by atoms with Crippen LogP contribution in [0.3, 0.4) is 0 Å². The summed E-state index contributed by atoms with van der Waals surface area (Å²) in [4.78, 5) is 17.0. The Bertz CT molecular complexity index is 817. The number of anilines is 1. The van der Waals surface area contributed by atoms with E-state index in [0.717, 1.165) is 37.3 Å². The number of carbonyl (C=O) groups is 1. The number of nitrogens with one attached hydrogen (secondary N) is 1. The number of nitrogens with zero attached hydrogens (tertiary/aromatic N) is 2. The van der Waals surface area contributed by atoms with Gasteiger partial charge in [-0.2, -0.15) is 0 Å². The van der Waals surface area contributed by atoms with E-state index in [-0.39, 0.29) is 17.7 Å². The molecule has 1 amide bonds. The number of phenols is 1. The lowest BCUT2D eigenvalue weighted by molar-refractivity contribution is -0.121. The minimum absolute atomic E-state index is 0.0140. The molecule has 29 heavy (non-hydrogen) atoms. The summed E-state index contributed by atoms with van der Waals surface area (Å²) in [6.07, 6.45) is 1.61. The van der Waals surface area contributed by atoms with Crippen LogP contribution in [-0.4, -0.2) is 49.1 Å². The van der Waals surface area contributed by atoms with Gasteiger partial charge in [-0.3, -0.25) is 4.79 Å². The maximum atomic E-state index is 13.4. The molecule has 0 aliphatic carbocycles. The summed E-state index contributed by atoms with van der Waals surface area (Å²) >= 11 is 0. The van der Waals surface area contributed by atoms with Crippen LogP contribution in [0, 0.1) is 5.82 Å². The molecule has 0 aromatic heterocycles. The van der Waals surface area contributed by atoms with Crippen LogP contribution in [0.15, 0.2) is 42.5 Å². The molecule has 2 N–H and O–H groups in total. The van der Waals surface area contributed by atoms with Crippen molar-refractivity contribution < 1.29 is 14.3 Å². The Morgan fingerprint density at radius 3 is 2.48 bits per heavy atom. The molecule has 1 heterocycles. The number of phenolic OH excluding ortho intramolecular Hbond substituents is 1. The van der Waals surface area contributed by atoms with Crippen LogP contribution < -0.4 is 10.2 Å². The summed E-state index contributed by atoms with van der Waals surface area (Å²) in [5, 5.41) is 12.3. The average molecular weight is 400 g/mol. The van der Waals surface area contributed by atoms with Crippen LogP contribution in [0.25, 0.3) is 0 Å².